The maximum Gasteiger partial charge on any atom is 0.287 e. The van der Waals surface area contributed by atoms with Gasteiger partial charge in [0.05, 0.1) is 18.5 Å². The Kier molecular flexibility index (Phi) is 4.70. The molecule has 0 amide bonds. The molecular weight excluding hydrogens is 306 g/mol. The van der Waals surface area contributed by atoms with Crippen molar-refractivity contribution in [2.45, 2.75) is 50.4 Å². The van der Waals surface area contributed by atoms with Crippen molar-refractivity contribution in [3.05, 3.63) is 21.6 Å². The van der Waals surface area contributed by atoms with E-state index >= 15 is 0 Å². The third-order valence-corrected chi connectivity index (χ3v) is 4.74. The van der Waals surface area contributed by atoms with Crippen molar-refractivity contribution < 1.29 is 9.47 Å². The monoisotopic (exact) mass is 327 g/mol. The fourth-order valence-electron chi connectivity index (χ4n) is 3.10. The Morgan fingerprint density at radius 3 is 2.86 bits per heavy atom. The fraction of sp³-hybridized carbons (Fsp3) is 0.733. The molecule has 22 heavy (non-hydrogen) atoms. The number of nitrogens with one attached hydrogen (secondary N) is 1. The van der Waals surface area contributed by atoms with E-state index in [2.05, 4.69) is 10.4 Å². The van der Waals surface area contributed by atoms with Crippen LogP contribution in [0.5, 0.6) is 0 Å². The topological polar surface area (TPSA) is 65.4 Å². The lowest BCUT2D eigenvalue weighted by molar-refractivity contribution is -0.174. The van der Waals surface area contributed by atoms with E-state index < -0.39 is 5.79 Å². The Morgan fingerprint density at radius 1 is 1.41 bits per heavy atom. The number of nitrogens with zero attached hydrogens (tertiary/aromatic N) is 2. The van der Waals surface area contributed by atoms with Crippen LogP contribution in [0.15, 0.2) is 11.0 Å². The molecule has 1 saturated heterocycles. The highest BCUT2D eigenvalue weighted by Crippen LogP contribution is 2.36. The summed E-state index contributed by atoms with van der Waals surface area (Å²) >= 11 is 6.04. The molecule has 1 aromatic rings. The summed E-state index contributed by atoms with van der Waals surface area (Å²) in [4.78, 5) is 11.7. The van der Waals surface area contributed by atoms with Crippen LogP contribution in [0.4, 0.5) is 5.69 Å². The lowest BCUT2D eigenvalue weighted by Gasteiger charge is -2.26. The van der Waals surface area contributed by atoms with Gasteiger partial charge in [-0.3, -0.25) is 4.79 Å². The number of hydrogen-bond donors (Lipinski definition) is 1. The molecule has 0 bridgehead atoms. The molecule has 1 spiro atoms. The zero-order valence-electron chi connectivity index (χ0n) is 12.8. The molecule has 122 valence electrons. The molecule has 1 aliphatic carbocycles. The van der Waals surface area contributed by atoms with Gasteiger partial charge in [0.25, 0.3) is 5.56 Å². The van der Waals surface area contributed by atoms with Gasteiger partial charge in [-0.2, -0.15) is 5.10 Å². The second-order valence-electron chi connectivity index (χ2n) is 6.06. The zero-order chi connectivity index (χ0) is 15.6. The van der Waals surface area contributed by atoms with Gasteiger partial charge in [-0.1, -0.05) is 24.4 Å². The van der Waals surface area contributed by atoms with Gasteiger partial charge in [-0.25, -0.2) is 4.68 Å². The lowest BCUT2D eigenvalue weighted by atomic mass is 10.1. The van der Waals surface area contributed by atoms with Crippen molar-refractivity contribution in [1.82, 2.24) is 9.78 Å². The van der Waals surface area contributed by atoms with Gasteiger partial charge in [-0.15, -0.1) is 0 Å². The van der Waals surface area contributed by atoms with Crippen LogP contribution in [-0.4, -0.2) is 34.8 Å². The van der Waals surface area contributed by atoms with Crippen molar-refractivity contribution in [3.63, 3.8) is 0 Å². The molecule has 1 N–H and O–H groups in total. The summed E-state index contributed by atoms with van der Waals surface area (Å²) in [6.07, 6.45) is 8.29. The summed E-state index contributed by atoms with van der Waals surface area (Å²) in [6, 6.07) is 0. The van der Waals surface area contributed by atoms with E-state index in [1.54, 1.807) is 13.2 Å². The second-order valence-corrected chi connectivity index (χ2v) is 6.44. The van der Waals surface area contributed by atoms with E-state index in [0.717, 1.165) is 25.7 Å². The summed E-state index contributed by atoms with van der Waals surface area (Å²) in [5, 5.41) is 7.27. The van der Waals surface area contributed by atoms with E-state index in [1.807, 2.05) is 0 Å². The predicted molar refractivity (Wildman–Crippen MR) is 84.2 cm³/mol. The average Bonchev–Trinajstić information content (AvgIpc) is 2.76. The fourth-order valence-corrected chi connectivity index (χ4v) is 3.34. The van der Waals surface area contributed by atoms with Gasteiger partial charge in [0, 0.05) is 26.4 Å². The van der Waals surface area contributed by atoms with Gasteiger partial charge in [-0.05, 0) is 12.8 Å². The van der Waals surface area contributed by atoms with Crippen molar-refractivity contribution in [1.29, 1.82) is 0 Å². The maximum absolute atomic E-state index is 11.7. The van der Waals surface area contributed by atoms with E-state index in [-0.39, 0.29) is 16.7 Å². The van der Waals surface area contributed by atoms with Crippen molar-refractivity contribution in [3.8, 4) is 0 Å². The molecule has 0 radical (unpaired) electrons. The van der Waals surface area contributed by atoms with Crippen molar-refractivity contribution in [2.75, 3.05) is 18.5 Å². The zero-order valence-corrected chi connectivity index (χ0v) is 13.6. The second kappa shape index (κ2) is 6.56. The Balaban J connectivity index is 1.59. The summed E-state index contributed by atoms with van der Waals surface area (Å²) in [5.41, 5.74) is 0.227. The molecule has 7 heteroatoms. The molecule has 2 heterocycles. The van der Waals surface area contributed by atoms with Crippen molar-refractivity contribution >= 4 is 17.3 Å². The first-order chi connectivity index (χ1) is 10.6. The summed E-state index contributed by atoms with van der Waals surface area (Å²) in [6.45, 7) is 1.12. The third-order valence-electron chi connectivity index (χ3n) is 4.38. The first-order valence-corrected chi connectivity index (χ1v) is 8.25. The molecule has 0 unspecified atom stereocenters. The van der Waals surface area contributed by atoms with E-state index in [4.69, 9.17) is 21.1 Å². The molecule has 1 aliphatic heterocycles. The quantitative estimate of drug-likeness (QED) is 0.923. The highest BCUT2D eigenvalue weighted by molar-refractivity contribution is 6.32. The Labute approximate surface area is 134 Å². The lowest BCUT2D eigenvalue weighted by Crippen LogP contribution is -2.32. The maximum atomic E-state index is 11.7. The predicted octanol–water partition coefficient (Wildman–Crippen LogP) is 2.31. The van der Waals surface area contributed by atoms with Crippen molar-refractivity contribution in [2.24, 2.45) is 7.05 Å². The third kappa shape index (κ3) is 3.29. The molecule has 6 nitrogen and oxygen atoms in total. The van der Waals surface area contributed by atoms with Crippen LogP contribution in [0.1, 0.15) is 38.5 Å². The average molecular weight is 328 g/mol. The van der Waals surface area contributed by atoms with Gasteiger partial charge >= 0.3 is 0 Å². The van der Waals surface area contributed by atoms with Crippen LogP contribution in [0.25, 0.3) is 0 Å². The SMILES string of the molecule is Cn1ncc(NC[C@@H]2COC3(CCCCCC3)O2)c(Cl)c1=O. The van der Waals surface area contributed by atoms with E-state index in [0.29, 0.717) is 18.8 Å². The molecule has 2 fully saturated rings. The molecule has 1 saturated carbocycles. The van der Waals surface area contributed by atoms with Crippen LogP contribution < -0.4 is 10.9 Å². The minimum Gasteiger partial charge on any atom is -0.380 e. The standard InChI is InChI=1S/C15H22ClN3O3/c1-19-14(20)13(16)12(9-18-19)17-8-11-10-21-15(22-11)6-4-2-3-5-7-15/h9,11,17H,2-8,10H2,1H3/t11-/m1/s1. The molecule has 2 aliphatic rings. The van der Waals surface area contributed by atoms with E-state index in [1.165, 1.54) is 17.5 Å². The smallest absolute Gasteiger partial charge is 0.287 e. The van der Waals surface area contributed by atoms with Gasteiger partial charge in [0.1, 0.15) is 11.1 Å². The molecule has 0 aromatic carbocycles. The normalized spacial score (nSPS) is 24.4. The van der Waals surface area contributed by atoms with Crippen LogP contribution in [0.3, 0.4) is 0 Å². The summed E-state index contributed by atoms with van der Waals surface area (Å²) in [5.74, 6) is -0.391. The number of aryl methyl sites for hydroxylation is 1. The minimum absolute atomic E-state index is 0.0294. The number of ether oxygens (including phenoxy) is 2. The van der Waals surface area contributed by atoms with Crippen LogP contribution in [-0.2, 0) is 16.5 Å². The molecule has 1 atom stereocenters. The molecule has 3 rings (SSSR count). The minimum atomic E-state index is -0.391. The summed E-state index contributed by atoms with van der Waals surface area (Å²) in [7, 11) is 1.57. The Hall–Kier alpha value is -1.11. The molecule has 1 aromatic heterocycles. The van der Waals surface area contributed by atoms with Crippen LogP contribution in [0, 0.1) is 0 Å². The first-order valence-electron chi connectivity index (χ1n) is 7.87. The number of rotatable bonds is 3. The van der Waals surface area contributed by atoms with Gasteiger partial charge in [0.15, 0.2) is 5.79 Å². The number of hydrogen-bond acceptors (Lipinski definition) is 5. The molecular formula is C15H22ClN3O3. The van der Waals surface area contributed by atoms with Crippen LogP contribution in [0.2, 0.25) is 5.02 Å². The highest BCUT2D eigenvalue weighted by atomic mass is 35.5. The van der Waals surface area contributed by atoms with E-state index in [9.17, 15) is 4.79 Å². The first kappa shape index (κ1) is 15.8. The number of halogens is 1. The van der Waals surface area contributed by atoms with Crippen LogP contribution >= 0.6 is 11.6 Å². The highest BCUT2D eigenvalue weighted by Gasteiger charge is 2.41. The number of anilines is 1. The number of aromatic nitrogens is 2. The summed E-state index contributed by atoms with van der Waals surface area (Å²) < 4.78 is 13.3. The largest absolute Gasteiger partial charge is 0.380 e. The van der Waals surface area contributed by atoms with Gasteiger partial charge in [0.2, 0.25) is 0 Å². The Morgan fingerprint density at radius 2 is 2.14 bits per heavy atom. The Bertz CT molecular complexity index is 582. The van der Waals surface area contributed by atoms with Gasteiger partial charge < -0.3 is 14.8 Å².